The maximum atomic E-state index is 11.1. The van der Waals surface area contributed by atoms with E-state index in [2.05, 4.69) is 5.32 Å². The molecule has 1 heterocycles. The Hall–Kier alpha value is -2.14. The van der Waals surface area contributed by atoms with Crippen molar-refractivity contribution in [2.45, 2.75) is 25.8 Å². The average molecular weight is 274 g/mol. The summed E-state index contributed by atoms with van der Waals surface area (Å²) in [6.07, 6.45) is 3.02. The molecule has 0 saturated heterocycles. The highest BCUT2D eigenvalue weighted by molar-refractivity contribution is 5.41. The molecule has 5 nitrogen and oxygen atoms in total. The Labute approximate surface area is 117 Å². The summed E-state index contributed by atoms with van der Waals surface area (Å²) in [5.41, 5.74) is 1.95. The molecule has 1 aromatic heterocycles. The Balaban J connectivity index is 2.29. The second-order valence-corrected chi connectivity index (χ2v) is 4.58. The zero-order chi connectivity index (χ0) is 14.5. The fourth-order valence-corrected chi connectivity index (χ4v) is 2.40. The van der Waals surface area contributed by atoms with Gasteiger partial charge in [-0.25, -0.2) is 0 Å². The van der Waals surface area contributed by atoms with Crippen LogP contribution in [0, 0.1) is 10.1 Å². The summed E-state index contributed by atoms with van der Waals surface area (Å²) in [6.45, 7) is 2.03. The number of benzene rings is 1. The third kappa shape index (κ3) is 2.88. The molecular weight excluding hydrogens is 256 g/mol. The number of nitrogens with one attached hydrogen (secondary N) is 1. The third-order valence-corrected chi connectivity index (χ3v) is 3.44. The van der Waals surface area contributed by atoms with Gasteiger partial charge >= 0.3 is 0 Å². The maximum Gasteiger partial charge on any atom is 0.272 e. The number of likely N-dealkylation sites (N-methyl/N-ethyl adjacent to an activating group) is 1. The second kappa shape index (κ2) is 6.34. The predicted molar refractivity (Wildman–Crippen MR) is 76.7 cm³/mol. The zero-order valence-electron chi connectivity index (χ0n) is 11.6. The number of rotatable bonds is 6. The van der Waals surface area contributed by atoms with E-state index in [4.69, 9.17) is 4.42 Å². The Bertz CT molecular complexity index is 592. The van der Waals surface area contributed by atoms with Gasteiger partial charge in [-0.1, -0.05) is 25.1 Å². The van der Waals surface area contributed by atoms with Crippen LogP contribution in [0.15, 0.2) is 41.0 Å². The van der Waals surface area contributed by atoms with Gasteiger partial charge in [-0.3, -0.25) is 10.1 Å². The van der Waals surface area contributed by atoms with Gasteiger partial charge in [0.2, 0.25) is 0 Å². The van der Waals surface area contributed by atoms with Gasteiger partial charge in [-0.2, -0.15) is 0 Å². The van der Waals surface area contributed by atoms with Crippen molar-refractivity contribution in [3.63, 3.8) is 0 Å². The number of nitro benzene ring substituents is 1. The number of para-hydroxylation sites is 1. The maximum absolute atomic E-state index is 11.1. The van der Waals surface area contributed by atoms with E-state index in [0.717, 1.165) is 23.3 Å². The van der Waals surface area contributed by atoms with Crippen molar-refractivity contribution in [1.82, 2.24) is 5.32 Å². The van der Waals surface area contributed by atoms with Crippen LogP contribution in [0.3, 0.4) is 0 Å². The molecule has 5 heteroatoms. The molecule has 106 valence electrons. The first-order valence-electron chi connectivity index (χ1n) is 6.63. The quantitative estimate of drug-likeness (QED) is 0.648. The van der Waals surface area contributed by atoms with Crippen LogP contribution in [0.5, 0.6) is 0 Å². The summed E-state index contributed by atoms with van der Waals surface area (Å²) in [4.78, 5) is 10.7. The normalized spacial score (nSPS) is 12.3. The molecular formula is C15H18N2O3. The number of nitrogens with zero attached hydrogens (tertiary/aromatic N) is 1. The molecule has 0 aliphatic heterocycles. The fourth-order valence-electron chi connectivity index (χ4n) is 2.40. The molecule has 2 rings (SSSR count). The molecule has 1 N–H and O–H groups in total. The van der Waals surface area contributed by atoms with E-state index in [1.54, 1.807) is 18.4 Å². The summed E-state index contributed by atoms with van der Waals surface area (Å²) in [6, 6.07) is 8.78. The Morgan fingerprint density at radius 3 is 2.75 bits per heavy atom. The van der Waals surface area contributed by atoms with E-state index < -0.39 is 0 Å². The highest BCUT2D eigenvalue weighted by Crippen LogP contribution is 2.27. The summed E-state index contributed by atoms with van der Waals surface area (Å²) in [5.74, 6) is 0.919. The van der Waals surface area contributed by atoms with Crippen molar-refractivity contribution < 1.29 is 9.34 Å². The van der Waals surface area contributed by atoms with E-state index in [1.165, 1.54) is 6.07 Å². The number of hydrogen-bond donors (Lipinski definition) is 1. The highest BCUT2D eigenvalue weighted by atomic mass is 16.6. The molecule has 1 atom stereocenters. The largest absolute Gasteiger partial charge is 0.469 e. The van der Waals surface area contributed by atoms with Crippen molar-refractivity contribution in [3.05, 3.63) is 63.6 Å². The van der Waals surface area contributed by atoms with Gasteiger partial charge in [0, 0.05) is 29.7 Å². The number of nitro groups is 1. The lowest BCUT2D eigenvalue weighted by Gasteiger charge is -2.16. The van der Waals surface area contributed by atoms with Crippen molar-refractivity contribution in [2.75, 3.05) is 7.05 Å². The molecule has 0 aliphatic carbocycles. The number of furan rings is 1. The standard InChI is InChI=1S/C15H18N2O3/c1-3-15-12(8-9-20-15)13(16-2)10-11-6-4-5-7-14(11)17(18)19/h4-9,13,16H,3,10H2,1-2H3. The smallest absolute Gasteiger partial charge is 0.272 e. The van der Waals surface area contributed by atoms with Crippen molar-refractivity contribution in [1.29, 1.82) is 0 Å². The summed E-state index contributed by atoms with van der Waals surface area (Å²) in [7, 11) is 1.85. The SMILES string of the molecule is CCc1occc1C(Cc1ccccc1[N+](=O)[O-])NC. The van der Waals surface area contributed by atoms with Gasteiger partial charge in [0.25, 0.3) is 5.69 Å². The van der Waals surface area contributed by atoms with Crippen LogP contribution in [0.4, 0.5) is 5.69 Å². The summed E-state index contributed by atoms with van der Waals surface area (Å²) >= 11 is 0. The second-order valence-electron chi connectivity index (χ2n) is 4.58. The molecule has 0 radical (unpaired) electrons. The van der Waals surface area contributed by atoms with E-state index >= 15 is 0 Å². The zero-order valence-corrected chi connectivity index (χ0v) is 11.6. The van der Waals surface area contributed by atoms with Gasteiger partial charge in [0.15, 0.2) is 0 Å². The Morgan fingerprint density at radius 2 is 2.10 bits per heavy atom. The topological polar surface area (TPSA) is 68.3 Å². The summed E-state index contributed by atoms with van der Waals surface area (Å²) in [5, 5.41) is 14.3. The highest BCUT2D eigenvalue weighted by Gasteiger charge is 2.20. The predicted octanol–water partition coefficient (Wildman–Crippen LogP) is 3.25. The average Bonchev–Trinajstić information content (AvgIpc) is 2.93. The van der Waals surface area contributed by atoms with Crippen molar-refractivity contribution >= 4 is 5.69 Å². The fraction of sp³-hybridized carbons (Fsp3) is 0.333. The summed E-state index contributed by atoms with van der Waals surface area (Å²) < 4.78 is 5.44. The lowest BCUT2D eigenvalue weighted by atomic mass is 9.97. The monoisotopic (exact) mass is 274 g/mol. The minimum absolute atomic E-state index is 0.00444. The van der Waals surface area contributed by atoms with Crippen LogP contribution in [0.1, 0.15) is 29.9 Å². The molecule has 2 aromatic rings. The van der Waals surface area contributed by atoms with Gasteiger partial charge in [0.05, 0.1) is 11.2 Å². The first kappa shape index (κ1) is 14.3. The van der Waals surface area contributed by atoms with E-state index in [9.17, 15) is 10.1 Å². The van der Waals surface area contributed by atoms with E-state index in [1.807, 2.05) is 26.1 Å². The molecule has 1 aromatic carbocycles. The lowest BCUT2D eigenvalue weighted by Crippen LogP contribution is -2.20. The first-order chi connectivity index (χ1) is 9.67. The van der Waals surface area contributed by atoms with Gasteiger partial charge in [0.1, 0.15) is 5.76 Å². The number of hydrogen-bond acceptors (Lipinski definition) is 4. The Morgan fingerprint density at radius 1 is 1.35 bits per heavy atom. The van der Waals surface area contributed by atoms with E-state index in [0.29, 0.717) is 6.42 Å². The number of aryl methyl sites for hydroxylation is 1. The van der Waals surface area contributed by atoms with Crippen LogP contribution >= 0.6 is 0 Å². The molecule has 1 unspecified atom stereocenters. The van der Waals surface area contributed by atoms with E-state index in [-0.39, 0.29) is 16.7 Å². The molecule has 0 bridgehead atoms. The molecule has 20 heavy (non-hydrogen) atoms. The minimum Gasteiger partial charge on any atom is -0.469 e. The molecule has 0 aliphatic rings. The molecule has 0 spiro atoms. The molecule has 0 amide bonds. The van der Waals surface area contributed by atoms with Crippen molar-refractivity contribution in [2.24, 2.45) is 0 Å². The van der Waals surface area contributed by atoms with Crippen LogP contribution in [-0.2, 0) is 12.8 Å². The Kier molecular flexibility index (Phi) is 4.53. The third-order valence-electron chi connectivity index (χ3n) is 3.44. The van der Waals surface area contributed by atoms with Crippen LogP contribution in [0.25, 0.3) is 0 Å². The molecule has 0 fully saturated rings. The van der Waals surface area contributed by atoms with Gasteiger partial charge in [-0.05, 0) is 19.5 Å². The van der Waals surface area contributed by atoms with Gasteiger partial charge in [-0.15, -0.1) is 0 Å². The lowest BCUT2D eigenvalue weighted by molar-refractivity contribution is -0.385. The van der Waals surface area contributed by atoms with Crippen LogP contribution in [0.2, 0.25) is 0 Å². The van der Waals surface area contributed by atoms with Crippen LogP contribution < -0.4 is 5.32 Å². The first-order valence-corrected chi connectivity index (χ1v) is 6.63. The van der Waals surface area contributed by atoms with Crippen LogP contribution in [-0.4, -0.2) is 12.0 Å². The molecule has 0 saturated carbocycles. The van der Waals surface area contributed by atoms with Gasteiger partial charge < -0.3 is 9.73 Å². The minimum atomic E-state index is -0.335. The van der Waals surface area contributed by atoms with Crippen molar-refractivity contribution in [3.8, 4) is 0 Å².